The lowest BCUT2D eigenvalue weighted by atomic mass is 10.0. The van der Waals surface area contributed by atoms with Crippen molar-refractivity contribution >= 4 is 52.5 Å². The Labute approximate surface area is 315 Å². The normalized spacial score (nSPS) is 13.8. The smallest absolute Gasteiger partial charge is 0.222 e. The molecule has 0 saturated carbocycles. The lowest BCUT2D eigenvalue weighted by Crippen LogP contribution is -2.44. The molecule has 0 aliphatic heterocycles. The number of amides is 4. The first-order valence-corrected chi connectivity index (χ1v) is 18.9. The number of hydrogen-bond acceptors (Lipinski definition) is 11. The molecule has 5 atom stereocenters. The maximum Gasteiger partial charge on any atom is 0.222 e. The minimum atomic E-state index is -0.592. The van der Waals surface area contributed by atoms with Gasteiger partial charge in [0.1, 0.15) is 28.9 Å². The van der Waals surface area contributed by atoms with Gasteiger partial charge in [0, 0.05) is 94.5 Å². The highest BCUT2D eigenvalue weighted by Crippen LogP contribution is 2.11. The van der Waals surface area contributed by atoms with Gasteiger partial charge in [-0.25, -0.2) is 0 Å². The van der Waals surface area contributed by atoms with Crippen LogP contribution in [0.3, 0.4) is 0 Å². The summed E-state index contributed by atoms with van der Waals surface area (Å²) in [5.74, 6) is -1.39. The van der Waals surface area contributed by atoms with Gasteiger partial charge in [-0.1, -0.05) is 0 Å². The van der Waals surface area contributed by atoms with Crippen LogP contribution in [0.1, 0.15) is 137 Å². The van der Waals surface area contributed by atoms with Crippen molar-refractivity contribution in [2.24, 2.45) is 0 Å². The van der Waals surface area contributed by atoms with Crippen molar-refractivity contribution in [3.8, 4) is 0 Å². The molecule has 0 radical (unpaired) electrons. The summed E-state index contributed by atoms with van der Waals surface area (Å²) in [6, 6.07) is -1.99. The van der Waals surface area contributed by atoms with Crippen LogP contribution < -0.4 is 31.9 Å². The fourth-order valence-corrected chi connectivity index (χ4v) is 5.80. The summed E-state index contributed by atoms with van der Waals surface area (Å²) in [6.45, 7) is 7.65. The number of rotatable bonds is 32. The molecule has 0 spiro atoms. The first kappa shape index (κ1) is 49.1. The van der Waals surface area contributed by atoms with E-state index < -0.39 is 18.1 Å². The number of unbranched alkanes of at least 4 members (excludes halogenated alkanes) is 1. The van der Waals surface area contributed by atoms with Gasteiger partial charge in [0.2, 0.25) is 23.6 Å². The molecule has 302 valence electrons. The molecule has 0 aromatic heterocycles. The second-order valence-corrected chi connectivity index (χ2v) is 14.3. The number of nitrogens with one attached hydrogen (secondary N) is 6. The van der Waals surface area contributed by atoms with Crippen LogP contribution in [-0.2, 0) is 43.2 Å². The van der Waals surface area contributed by atoms with Gasteiger partial charge in [0.25, 0.3) is 0 Å². The number of ketones is 5. The van der Waals surface area contributed by atoms with Crippen LogP contribution in [-0.4, -0.2) is 103 Å². The van der Waals surface area contributed by atoms with Crippen LogP contribution in [0, 0.1) is 0 Å². The topological polar surface area (TPSA) is 226 Å². The van der Waals surface area contributed by atoms with E-state index in [0.29, 0.717) is 57.9 Å². The highest BCUT2D eigenvalue weighted by molar-refractivity contribution is 5.83. The van der Waals surface area contributed by atoms with Gasteiger partial charge < -0.3 is 51.1 Å². The second-order valence-electron chi connectivity index (χ2n) is 14.3. The van der Waals surface area contributed by atoms with E-state index >= 15 is 0 Å². The largest absolute Gasteiger partial charge is 0.356 e. The van der Waals surface area contributed by atoms with Crippen LogP contribution >= 0.6 is 0 Å². The van der Waals surface area contributed by atoms with Crippen molar-refractivity contribution in [1.29, 1.82) is 0 Å². The van der Waals surface area contributed by atoms with Gasteiger partial charge in [-0.05, 0) is 93.7 Å². The van der Waals surface area contributed by atoms with Gasteiger partial charge in [0.15, 0.2) is 0 Å². The third-order valence-corrected chi connectivity index (χ3v) is 8.85. The molecule has 4 amide bonds. The monoisotopic (exact) mass is 750 g/mol. The van der Waals surface area contributed by atoms with Crippen molar-refractivity contribution in [2.75, 3.05) is 20.6 Å². The Hall–Kier alpha value is -3.85. The Morgan fingerprint density at radius 2 is 0.698 bits per heavy atom. The zero-order chi connectivity index (χ0) is 40.3. The van der Waals surface area contributed by atoms with E-state index in [1.165, 1.54) is 34.6 Å². The number of Topliss-reactive ketones (excluding diaryl/α,β-unsaturated/α-hetero) is 5. The van der Waals surface area contributed by atoms with Crippen molar-refractivity contribution in [1.82, 2.24) is 31.9 Å². The molecule has 15 nitrogen and oxygen atoms in total. The summed E-state index contributed by atoms with van der Waals surface area (Å²) in [4.78, 5) is 109. The van der Waals surface area contributed by atoms with E-state index in [4.69, 9.17) is 0 Å². The Morgan fingerprint density at radius 3 is 1.04 bits per heavy atom. The molecule has 0 heterocycles. The molecular weight excluding hydrogens is 684 g/mol. The fraction of sp³-hybridized carbons (Fsp3) is 0.763. The van der Waals surface area contributed by atoms with Gasteiger partial charge in [0.05, 0.1) is 0 Å². The summed E-state index contributed by atoms with van der Waals surface area (Å²) in [7, 11) is 3.43. The van der Waals surface area contributed by atoms with Crippen LogP contribution in [0.25, 0.3) is 0 Å². The second kappa shape index (κ2) is 28.6. The minimum absolute atomic E-state index is 0.00489. The third-order valence-electron chi connectivity index (χ3n) is 8.85. The van der Waals surface area contributed by atoms with E-state index in [1.54, 1.807) is 14.1 Å². The van der Waals surface area contributed by atoms with E-state index in [1.807, 2.05) is 0 Å². The molecule has 0 aromatic carbocycles. The lowest BCUT2D eigenvalue weighted by Gasteiger charge is -2.23. The van der Waals surface area contributed by atoms with Gasteiger partial charge >= 0.3 is 0 Å². The first-order valence-electron chi connectivity index (χ1n) is 18.9. The highest BCUT2D eigenvalue weighted by atomic mass is 16.2. The molecule has 0 saturated heterocycles. The SMILES string of the molecule is CNC(CCC(C)=O)CC(=O)NC(CCC(C)=O)CC(=O)NCCCCC(CC(C)=O)NC(=O)CC(CCC(C)=O)NC(=O)CC(CCC(C)=O)NC. The maximum absolute atomic E-state index is 13.1. The molecule has 0 bridgehead atoms. The van der Waals surface area contributed by atoms with Gasteiger partial charge in [-0.3, -0.25) is 24.0 Å². The summed E-state index contributed by atoms with van der Waals surface area (Å²) in [5.41, 5.74) is 0. The molecule has 0 aliphatic rings. The summed E-state index contributed by atoms with van der Waals surface area (Å²) in [6.07, 6.45) is 4.59. The quantitative estimate of drug-likeness (QED) is 0.0545. The number of hydrogen-bond donors (Lipinski definition) is 6. The average Bonchev–Trinajstić information content (AvgIpc) is 3.05. The van der Waals surface area contributed by atoms with E-state index in [9.17, 15) is 43.2 Å². The fourth-order valence-electron chi connectivity index (χ4n) is 5.80. The van der Waals surface area contributed by atoms with Gasteiger partial charge in [-0.2, -0.15) is 0 Å². The minimum Gasteiger partial charge on any atom is -0.356 e. The van der Waals surface area contributed by atoms with Crippen molar-refractivity contribution < 1.29 is 43.2 Å². The van der Waals surface area contributed by atoms with Crippen LogP contribution in [0.5, 0.6) is 0 Å². The molecule has 6 N–H and O–H groups in total. The molecule has 0 aliphatic carbocycles. The zero-order valence-corrected chi connectivity index (χ0v) is 33.1. The maximum atomic E-state index is 13.1. The van der Waals surface area contributed by atoms with Crippen LogP contribution in [0.2, 0.25) is 0 Å². The molecule has 0 rings (SSSR count). The van der Waals surface area contributed by atoms with E-state index in [2.05, 4.69) is 31.9 Å². The van der Waals surface area contributed by atoms with E-state index in [-0.39, 0.29) is 116 Å². The Bertz CT molecular complexity index is 1220. The summed E-state index contributed by atoms with van der Waals surface area (Å²) >= 11 is 0. The van der Waals surface area contributed by atoms with Crippen LogP contribution in [0.4, 0.5) is 0 Å². The molecule has 15 heteroatoms. The van der Waals surface area contributed by atoms with E-state index in [0.717, 1.165) is 0 Å². The molecule has 53 heavy (non-hydrogen) atoms. The lowest BCUT2D eigenvalue weighted by molar-refractivity contribution is -0.126. The Morgan fingerprint density at radius 1 is 0.377 bits per heavy atom. The predicted octanol–water partition coefficient (Wildman–Crippen LogP) is 1.92. The number of carbonyl (C=O) groups is 9. The molecular formula is C38H66N6O9. The summed E-state index contributed by atoms with van der Waals surface area (Å²) < 4.78 is 0. The molecule has 0 fully saturated rings. The van der Waals surface area contributed by atoms with Crippen molar-refractivity contribution in [2.45, 2.75) is 168 Å². The first-order chi connectivity index (χ1) is 24.9. The Kier molecular flexibility index (Phi) is 26.5. The number of carbonyl (C=O) groups excluding carboxylic acids is 9. The Balaban J connectivity index is 5.08. The predicted molar refractivity (Wildman–Crippen MR) is 202 cm³/mol. The van der Waals surface area contributed by atoms with Crippen molar-refractivity contribution in [3.63, 3.8) is 0 Å². The highest BCUT2D eigenvalue weighted by Gasteiger charge is 2.23. The molecule has 5 unspecified atom stereocenters. The third kappa shape index (κ3) is 28.3. The molecule has 0 aromatic rings. The summed E-state index contributed by atoms with van der Waals surface area (Å²) in [5, 5.41) is 17.5. The van der Waals surface area contributed by atoms with Crippen molar-refractivity contribution in [3.05, 3.63) is 0 Å². The zero-order valence-electron chi connectivity index (χ0n) is 33.1. The van der Waals surface area contributed by atoms with Crippen LogP contribution in [0.15, 0.2) is 0 Å². The van der Waals surface area contributed by atoms with Gasteiger partial charge in [-0.15, -0.1) is 0 Å². The standard InChI is InChI=1S/C38H66N6O9/c1-25(45)11-15-30(39-6)21-36(51)43-33(17-13-27(3)47)23-35(50)41-19-9-8-10-32(20-29(5)49)42-38(53)24-34(18-14-28(4)48)44-37(52)22-31(40-7)16-12-26(2)46/h30-34,39-40H,8-24H2,1-7H3,(H,41,50)(H,42,53)(H,43,51)(H,44,52). The average molecular weight is 751 g/mol.